The molecule has 0 saturated carbocycles. The lowest BCUT2D eigenvalue weighted by molar-refractivity contribution is -0.0209. The highest BCUT2D eigenvalue weighted by Crippen LogP contribution is 2.44. The molecule has 6 heteroatoms. The van der Waals surface area contributed by atoms with Gasteiger partial charge in [0.2, 0.25) is 0 Å². The molecule has 2 atom stereocenters. The average Bonchev–Trinajstić information content (AvgIpc) is 2.99. The van der Waals surface area contributed by atoms with Gasteiger partial charge in [-0.25, -0.2) is 0 Å². The van der Waals surface area contributed by atoms with E-state index < -0.39 is 5.60 Å². The molecular formula is C15H25ClN4O. The summed E-state index contributed by atoms with van der Waals surface area (Å²) < 4.78 is 1.90. The first kappa shape index (κ1) is 15.3. The second kappa shape index (κ2) is 5.88. The number of hydrogen-bond donors (Lipinski definition) is 1. The van der Waals surface area contributed by atoms with E-state index in [1.54, 1.807) is 6.20 Å². The predicted molar refractivity (Wildman–Crippen MR) is 83.5 cm³/mol. The predicted octanol–water partition coefficient (Wildman–Crippen LogP) is 1.54. The third-order valence-corrected chi connectivity index (χ3v) is 5.19. The Morgan fingerprint density at radius 2 is 2.24 bits per heavy atom. The van der Waals surface area contributed by atoms with Gasteiger partial charge in [-0.05, 0) is 39.9 Å². The third-order valence-electron chi connectivity index (χ3n) is 4.91. The summed E-state index contributed by atoms with van der Waals surface area (Å²) in [5.74, 6) is 0. The van der Waals surface area contributed by atoms with E-state index in [0.29, 0.717) is 5.02 Å². The van der Waals surface area contributed by atoms with Crippen LogP contribution in [0.2, 0.25) is 5.02 Å². The number of halogens is 1. The number of aliphatic hydroxyl groups is 1. The van der Waals surface area contributed by atoms with Crippen molar-refractivity contribution < 1.29 is 5.11 Å². The molecule has 0 radical (unpaired) electrons. The van der Waals surface area contributed by atoms with E-state index in [1.165, 1.54) is 12.8 Å². The maximum absolute atomic E-state index is 11.4. The molecule has 1 aromatic heterocycles. The molecule has 0 bridgehead atoms. The summed E-state index contributed by atoms with van der Waals surface area (Å²) >= 11 is 6.39. The zero-order chi connectivity index (χ0) is 15.0. The van der Waals surface area contributed by atoms with Crippen molar-refractivity contribution in [1.29, 1.82) is 0 Å². The van der Waals surface area contributed by atoms with Crippen molar-refractivity contribution >= 4 is 11.6 Å². The van der Waals surface area contributed by atoms with E-state index in [-0.39, 0.29) is 6.04 Å². The largest absolute Gasteiger partial charge is 0.382 e. The zero-order valence-electron chi connectivity index (χ0n) is 12.9. The Kier molecular flexibility index (Phi) is 4.28. The number of fused-ring (bicyclic) bond motifs is 1. The van der Waals surface area contributed by atoms with Crippen molar-refractivity contribution in [3.63, 3.8) is 0 Å². The van der Waals surface area contributed by atoms with Crippen molar-refractivity contribution in [1.82, 2.24) is 19.6 Å². The van der Waals surface area contributed by atoms with Gasteiger partial charge in [-0.15, -0.1) is 0 Å². The molecule has 118 valence electrons. The quantitative estimate of drug-likeness (QED) is 0.916. The van der Waals surface area contributed by atoms with Crippen LogP contribution in [0.3, 0.4) is 0 Å². The van der Waals surface area contributed by atoms with Crippen LogP contribution in [0, 0.1) is 0 Å². The van der Waals surface area contributed by atoms with E-state index in [0.717, 1.165) is 44.7 Å². The molecule has 0 aromatic carbocycles. The molecule has 2 aliphatic heterocycles. The van der Waals surface area contributed by atoms with Crippen LogP contribution in [0.1, 0.15) is 31.4 Å². The summed E-state index contributed by atoms with van der Waals surface area (Å²) in [6.45, 7) is 3.69. The monoisotopic (exact) mass is 312 g/mol. The van der Waals surface area contributed by atoms with Crippen LogP contribution in [0.15, 0.2) is 6.20 Å². The Balaban J connectivity index is 1.90. The molecule has 1 N–H and O–H groups in total. The molecule has 21 heavy (non-hydrogen) atoms. The highest BCUT2D eigenvalue weighted by molar-refractivity contribution is 6.31. The maximum Gasteiger partial charge on any atom is 0.124 e. The van der Waals surface area contributed by atoms with Gasteiger partial charge in [0.05, 0.1) is 23.5 Å². The van der Waals surface area contributed by atoms with Gasteiger partial charge in [0.15, 0.2) is 0 Å². The second-order valence-electron chi connectivity index (χ2n) is 6.59. The molecule has 0 aliphatic carbocycles. The molecule has 2 fully saturated rings. The summed E-state index contributed by atoms with van der Waals surface area (Å²) in [6.07, 6.45) is 5.90. The minimum Gasteiger partial charge on any atom is -0.382 e. The fourth-order valence-corrected chi connectivity index (χ4v) is 4.12. The lowest BCUT2D eigenvalue weighted by Crippen LogP contribution is -2.46. The molecule has 2 aliphatic rings. The van der Waals surface area contributed by atoms with E-state index in [4.69, 9.17) is 11.6 Å². The first-order valence-corrected chi connectivity index (χ1v) is 8.23. The van der Waals surface area contributed by atoms with E-state index in [9.17, 15) is 5.11 Å². The van der Waals surface area contributed by atoms with E-state index in [2.05, 4.69) is 14.9 Å². The van der Waals surface area contributed by atoms with E-state index in [1.807, 2.05) is 18.8 Å². The first-order chi connectivity index (χ1) is 10.0. The molecule has 1 aromatic rings. The summed E-state index contributed by atoms with van der Waals surface area (Å²) in [4.78, 5) is 4.54. The SMILES string of the molecule is CN(C)CCn1ncc(Cl)c1C1(O)CCN2CCCCC21. The van der Waals surface area contributed by atoms with Crippen molar-refractivity contribution in [2.75, 3.05) is 33.7 Å². The van der Waals surface area contributed by atoms with Crippen molar-refractivity contribution in [3.05, 3.63) is 16.9 Å². The number of likely N-dealkylation sites (N-methyl/N-ethyl adjacent to an activating group) is 1. The average molecular weight is 313 g/mol. The lowest BCUT2D eigenvalue weighted by Gasteiger charge is -2.37. The maximum atomic E-state index is 11.4. The third kappa shape index (κ3) is 2.72. The second-order valence-corrected chi connectivity index (χ2v) is 7.00. The number of hydrogen-bond acceptors (Lipinski definition) is 4. The fraction of sp³-hybridized carbons (Fsp3) is 0.800. The van der Waals surface area contributed by atoms with Crippen molar-refractivity contribution in [2.24, 2.45) is 0 Å². The van der Waals surface area contributed by atoms with Crippen LogP contribution in [0.25, 0.3) is 0 Å². The Bertz CT molecular complexity index is 504. The Morgan fingerprint density at radius 1 is 1.43 bits per heavy atom. The summed E-state index contributed by atoms with van der Waals surface area (Å²) in [6, 6.07) is 0.193. The molecule has 0 spiro atoms. The van der Waals surface area contributed by atoms with Crippen LogP contribution in [0.4, 0.5) is 0 Å². The Hall–Kier alpha value is -0.620. The highest BCUT2D eigenvalue weighted by atomic mass is 35.5. The van der Waals surface area contributed by atoms with Crippen LogP contribution >= 0.6 is 11.6 Å². The van der Waals surface area contributed by atoms with Crippen LogP contribution in [-0.4, -0.2) is 64.5 Å². The Morgan fingerprint density at radius 3 is 3.00 bits per heavy atom. The van der Waals surface area contributed by atoms with Gasteiger partial charge in [-0.2, -0.15) is 5.10 Å². The summed E-state index contributed by atoms with van der Waals surface area (Å²) in [5.41, 5.74) is -0.0271. The van der Waals surface area contributed by atoms with Crippen molar-refractivity contribution in [3.8, 4) is 0 Å². The molecule has 0 amide bonds. The van der Waals surface area contributed by atoms with Gasteiger partial charge in [-0.1, -0.05) is 18.0 Å². The minimum atomic E-state index is -0.847. The van der Waals surface area contributed by atoms with Crippen LogP contribution in [0.5, 0.6) is 0 Å². The Labute approximate surface area is 131 Å². The van der Waals surface area contributed by atoms with Crippen LogP contribution < -0.4 is 0 Å². The number of aromatic nitrogens is 2. The normalized spacial score (nSPS) is 30.0. The smallest absolute Gasteiger partial charge is 0.124 e. The fourth-order valence-electron chi connectivity index (χ4n) is 3.81. The number of rotatable bonds is 4. The lowest BCUT2D eigenvalue weighted by atomic mass is 9.86. The van der Waals surface area contributed by atoms with Gasteiger partial charge >= 0.3 is 0 Å². The van der Waals surface area contributed by atoms with Gasteiger partial charge in [-0.3, -0.25) is 9.58 Å². The zero-order valence-corrected chi connectivity index (χ0v) is 13.7. The van der Waals surface area contributed by atoms with Gasteiger partial charge in [0, 0.05) is 19.1 Å². The van der Waals surface area contributed by atoms with Crippen molar-refractivity contribution in [2.45, 2.75) is 43.9 Å². The molecule has 2 unspecified atom stereocenters. The topological polar surface area (TPSA) is 44.5 Å². The standard InChI is InChI=1S/C15H25ClN4O/c1-18(2)9-10-20-14(12(16)11-17-20)15(21)6-8-19-7-4-3-5-13(15)19/h11,13,21H,3-10H2,1-2H3. The number of nitrogens with zero attached hydrogens (tertiary/aromatic N) is 4. The molecule has 3 heterocycles. The van der Waals surface area contributed by atoms with E-state index >= 15 is 0 Å². The molecular weight excluding hydrogens is 288 g/mol. The van der Waals surface area contributed by atoms with Gasteiger partial charge in [0.25, 0.3) is 0 Å². The summed E-state index contributed by atoms with van der Waals surface area (Å²) in [5, 5.41) is 16.4. The molecule has 2 saturated heterocycles. The minimum absolute atomic E-state index is 0.193. The number of piperidine rings is 1. The first-order valence-electron chi connectivity index (χ1n) is 7.85. The van der Waals surface area contributed by atoms with Crippen LogP contribution in [-0.2, 0) is 12.1 Å². The molecule has 3 rings (SSSR count). The van der Waals surface area contributed by atoms with Gasteiger partial charge < -0.3 is 10.0 Å². The molecule has 5 nitrogen and oxygen atoms in total. The highest BCUT2D eigenvalue weighted by Gasteiger charge is 2.50. The van der Waals surface area contributed by atoms with Gasteiger partial charge in [0.1, 0.15) is 5.60 Å². The summed E-state index contributed by atoms with van der Waals surface area (Å²) in [7, 11) is 4.08.